The number of hydrogen-bond acceptors (Lipinski definition) is 0. The van der Waals surface area contributed by atoms with Crippen LogP contribution in [0.4, 0.5) is 0 Å². The van der Waals surface area contributed by atoms with Crippen molar-refractivity contribution < 1.29 is 0 Å². The first-order valence-corrected chi connectivity index (χ1v) is 10.6. The fourth-order valence-electron chi connectivity index (χ4n) is 4.50. The van der Waals surface area contributed by atoms with Gasteiger partial charge in [-0.15, -0.1) is 0 Å². The van der Waals surface area contributed by atoms with Gasteiger partial charge in [-0.2, -0.15) is 0 Å². The maximum absolute atomic E-state index is 2.68. The summed E-state index contributed by atoms with van der Waals surface area (Å²) >= 11 is 0. The van der Waals surface area contributed by atoms with Crippen molar-refractivity contribution in [3.63, 3.8) is 0 Å². The van der Waals surface area contributed by atoms with Gasteiger partial charge in [-0.1, -0.05) is 12.8 Å². The SMILES string of the molecule is C[P+](C1CCCCC1)(C1CCCCC1)n1cccc1. The van der Waals surface area contributed by atoms with Crippen molar-refractivity contribution in [2.24, 2.45) is 0 Å². The zero-order valence-corrected chi connectivity index (χ0v) is 13.3. The molecule has 0 aliphatic heterocycles. The predicted octanol–water partition coefficient (Wildman–Crippen LogP) is 5.56. The molecule has 1 aromatic rings. The summed E-state index contributed by atoms with van der Waals surface area (Å²) in [6.45, 7) is 2.68. The summed E-state index contributed by atoms with van der Waals surface area (Å²) in [5, 5.41) is 0. The molecule has 0 unspecified atom stereocenters. The maximum atomic E-state index is 2.68. The molecule has 106 valence electrons. The van der Waals surface area contributed by atoms with Gasteiger partial charge in [0.1, 0.15) is 7.41 Å². The van der Waals surface area contributed by atoms with E-state index in [-0.39, 0.29) is 0 Å². The largest absolute Gasteiger partial charge is 0.233 e. The smallest absolute Gasteiger partial charge is 0.113 e. The van der Waals surface area contributed by atoms with Crippen LogP contribution >= 0.6 is 7.41 Å². The van der Waals surface area contributed by atoms with Crippen LogP contribution in [0.25, 0.3) is 0 Å². The molecule has 1 nitrogen and oxygen atoms in total. The minimum atomic E-state index is -1.01. The summed E-state index contributed by atoms with van der Waals surface area (Å²) in [6.07, 6.45) is 19.6. The lowest BCUT2D eigenvalue weighted by molar-refractivity contribution is 0.476. The molecule has 0 N–H and O–H groups in total. The Kier molecular flexibility index (Phi) is 4.32. The van der Waals surface area contributed by atoms with Crippen LogP contribution in [0, 0.1) is 0 Å². The van der Waals surface area contributed by atoms with Crippen LogP contribution in [0.1, 0.15) is 64.2 Å². The van der Waals surface area contributed by atoms with Crippen LogP contribution in [0.3, 0.4) is 0 Å². The van der Waals surface area contributed by atoms with Gasteiger partial charge in [-0.3, -0.25) is 0 Å². The standard InChI is InChI=1S/C17H29NP/c1-19(18-14-8-9-15-18,16-10-4-2-5-11-16)17-12-6-3-7-13-17/h8-9,14-17H,2-7,10-13H2,1H3/q+1. The number of nitrogens with zero attached hydrogens (tertiary/aromatic N) is 1. The van der Waals surface area contributed by atoms with E-state index >= 15 is 0 Å². The van der Waals surface area contributed by atoms with Gasteiger partial charge in [0.2, 0.25) is 0 Å². The lowest BCUT2D eigenvalue weighted by atomic mass is 9.99. The van der Waals surface area contributed by atoms with E-state index in [1.54, 1.807) is 0 Å². The average molecular weight is 278 g/mol. The maximum Gasteiger partial charge on any atom is 0.113 e. The molecule has 0 aromatic carbocycles. The quantitative estimate of drug-likeness (QED) is 0.637. The lowest BCUT2D eigenvalue weighted by Crippen LogP contribution is -2.30. The van der Waals surface area contributed by atoms with Gasteiger partial charge in [-0.05, 0) is 63.5 Å². The molecule has 2 saturated carbocycles. The Morgan fingerprint density at radius 3 is 1.58 bits per heavy atom. The van der Waals surface area contributed by atoms with Gasteiger partial charge in [0, 0.05) is 12.4 Å². The Bertz CT molecular complexity index is 354. The first-order valence-electron chi connectivity index (χ1n) is 8.31. The number of aromatic nitrogens is 1. The Morgan fingerprint density at radius 2 is 1.16 bits per heavy atom. The molecule has 2 heteroatoms. The van der Waals surface area contributed by atoms with E-state index in [2.05, 4.69) is 35.5 Å². The lowest BCUT2D eigenvalue weighted by Gasteiger charge is -2.41. The molecule has 2 aliphatic carbocycles. The van der Waals surface area contributed by atoms with E-state index < -0.39 is 7.41 Å². The minimum Gasteiger partial charge on any atom is -0.233 e. The molecule has 0 saturated heterocycles. The van der Waals surface area contributed by atoms with Crippen molar-refractivity contribution in [2.75, 3.05) is 6.66 Å². The second-order valence-electron chi connectivity index (χ2n) is 6.74. The van der Waals surface area contributed by atoms with E-state index in [1.165, 1.54) is 64.2 Å². The first kappa shape index (κ1) is 13.7. The summed E-state index contributed by atoms with van der Waals surface area (Å²) in [5.41, 5.74) is 2.02. The fraction of sp³-hybridized carbons (Fsp3) is 0.765. The van der Waals surface area contributed by atoms with Gasteiger partial charge in [0.25, 0.3) is 0 Å². The van der Waals surface area contributed by atoms with Gasteiger partial charge < -0.3 is 0 Å². The first-order chi connectivity index (χ1) is 9.32. The van der Waals surface area contributed by atoms with Crippen molar-refractivity contribution >= 4 is 7.41 Å². The van der Waals surface area contributed by atoms with Crippen LogP contribution in [0.15, 0.2) is 24.5 Å². The van der Waals surface area contributed by atoms with E-state index in [1.807, 2.05) is 0 Å². The summed E-state index contributed by atoms with van der Waals surface area (Å²) < 4.78 is 2.68. The van der Waals surface area contributed by atoms with Gasteiger partial charge >= 0.3 is 0 Å². The molecule has 0 radical (unpaired) electrons. The van der Waals surface area contributed by atoms with Gasteiger partial charge in [0.05, 0.1) is 18.0 Å². The molecule has 19 heavy (non-hydrogen) atoms. The molecule has 0 amide bonds. The van der Waals surface area contributed by atoms with Crippen LogP contribution in [0.5, 0.6) is 0 Å². The zero-order valence-electron chi connectivity index (χ0n) is 12.4. The highest BCUT2D eigenvalue weighted by Crippen LogP contribution is 2.70. The Hall–Kier alpha value is -0.290. The topological polar surface area (TPSA) is 4.93 Å². The van der Waals surface area contributed by atoms with E-state index in [0.717, 1.165) is 11.3 Å². The summed E-state index contributed by atoms with van der Waals surface area (Å²) in [4.78, 5) is 0. The third-order valence-corrected chi connectivity index (χ3v) is 11.0. The minimum absolute atomic E-state index is 1.01. The number of hydrogen-bond donors (Lipinski definition) is 0. The molecule has 3 rings (SSSR count). The van der Waals surface area contributed by atoms with Crippen LogP contribution < -0.4 is 0 Å². The Labute approximate surface area is 119 Å². The summed E-state index contributed by atoms with van der Waals surface area (Å²) in [7, 11) is -1.01. The molecule has 0 bridgehead atoms. The third kappa shape index (κ3) is 2.64. The Morgan fingerprint density at radius 1 is 0.737 bits per heavy atom. The second-order valence-corrected chi connectivity index (χ2v) is 10.9. The van der Waals surface area contributed by atoms with Crippen molar-refractivity contribution in [1.82, 2.24) is 4.34 Å². The van der Waals surface area contributed by atoms with Crippen molar-refractivity contribution in [3.05, 3.63) is 24.5 Å². The van der Waals surface area contributed by atoms with E-state index in [4.69, 9.17) is 0 Å². The normalized spacial score (nSPS) is 23.6. The van der Waals surface area contributed by atoms with Gasteiger partial charge in [0.15, 0.2) is 0 Å². The van der Waals surface area contributed by atoms with Crippen LogP contribution in [0.2, 0.25) is 0 Å². The summed E-state index contributed by atoms with van der Waals surface area (Å²) in [5.74, 6) is 0. The zero-order chi connectivity index (χ0) is 13.1. The fourth-order valence-corrected chi connectivity index (χ4v) is 9.40. The molecule has 1 aromatic heterocycles. The van der Waals surface area contributed by atoms with Crippen molar-refractivity contribution in [1.29, 1.82) is 0 Å². The third-order valence-electron chi connectivity index (χ3n) is 5.71. The van der Waals surface area contributed by atoms with E-state index in [0.29, 0.717) is 0 Å². The highest BCUT2D eigenvalue weighted by atomic mass is 31.2. The predicted molar refractivity (Wildman–Crippen MR) is 86.4 cm³/mol. The second kappa shape index (κ2) is 6.00. The van der Waals surface area contributed by atoms with E-state index in [9.17, 15) is 0 Å². The summed E-state index contributed by atoms with van der Waals surface area (Å²) in [6, 6.07) is 4.48. The van der Waals surface area contributed by atoms with Crippen LogP contribution in [-0.2, 0) is 0 Å². The van der Waals surface area contributed by atoms with Gasteiger partial charge in [-0.25, -0.2) is 4.34 Å². The van der Waals surface area contributed by atoms with Crippen molar-refractivity contribution in [3.8, 4) is 0 Å². The Balaban J connectivity index is 1.89. The molecular weight excluding hydrogens is 249 g/mol. The monoisotopic (exact) mass is 278 g/mol. The molecule has 2 aliphatic rings. The molecule has 1 heterocycles. The van der Waals surface area contributed by atoms with Crippen LogP contribution in [-0.4, -0.2) is 22.3 Å². The molecule has 0 atom stereocenters. The molecule has 2 fully saturated rings. The molecular formula is C17H29NP+. The average Bonchev–Trinajstić information content (AvgIpc) is 3.03. The highest BCUT2D eigenvalue weighted by Gasteiger charge is 2.49. The van der Waals surface area contributed by atoms with Crippen molar-refractivity contribution in [2.45, 2.75) is 75.5 Å². The highest BCUT2D eigenvalue weighted by molar-refractivity contribution is 7.75. The molecule has 0 spiro atoms. The number of rotatable bonds is 3.